The Balaban J connectivity index is 2.08. The molecule has 0 bridgehead atoms. The van der Waals surface area contributed by atoms with Gasteiger partial charge in [0.15, 0.2) is 0 Å². The summed E-state index contributed by atoms with van der Waals surface area (Å²) in [5, 5.41) is 2.57. The molecule has 1 N–H and O–H groups in total. The number of carbonyl (C=O) groups excluding carboxylic acids is 1. The molecule has 1 heterocycles. The Kier molecular flexibility index (Phi) is 6.30. The van der Waals surface area contributed by atoms with Gasteiger partial charge in [0.2, 0.25) is 0 Å². The Hall–Kier alpha value is -1.79. The lowest BCUT2D eigenvalue weighted by atomic mass is 9.69. The van der Waals surface area contributed by atoms with Crippen molar-refractivity contribution in [2.75, 3.05) is 7.11 Å². The second kappa shape index (κ2) is 8.06. The van der Waals surface area contributed by atoms with Crippen LogP contribution in [0.15, 0.2) is 42.6 Å². The van der Waals surface area contributed by atoms with Crippen molar-refractivity contribution in [3.63, 3.8) is 0 Å². The van der Waals surface area contributed by atoms with Gasteiger partial charge < -0.3 is 14.0 Å². The van der Waals surface area contributed by atoms with Gasteiger partial charge in [-0.1, -0.05) is 36.4 Å². The number of benzene rings is 1. The first-order valence-corrected chi connectivity index (χ1v) is 8.66. The monoisotopic (exact) mass is 345 g/mol. The number of carbonyl (C=O) groups is 1. The second-order valence-corrected chi connectivity index (χ2v) is 7.31. The Bertz CT molecular complexity index is 585. The molecule has 0 radical (unpaired) electrons. The van der Waals surface area contributed by atoms with Crippen molar-refractivity contribution in [1.29, 1.82) is 0 Å². The second-order valence-electron chi connectivity index (χ2n) is 7.31. The summed E-state index contributed by atoms with van der Waals surface area (Å²) in [6.45, 7) is 8.16. The number of allylic oxidation sites excluding steroid dienone is 1. The summed E-state index contributed by atoms with van der Waals surface area (Å²) in [5.74, 6) is 0.0124. The summed E-state index contributed by atoms with van der Waals surface area (Å²) in [4.78, 5) is 11.3. The van der Waals surface area contributed by atoms with Crippen LogP contribution in [0, 0.1) is 0 Å². The van der Waals surface area contributed by atoms with E-state index in [4.69, 9.17) is 9.31 Å². The summed E-state index contributed by atoms with van der Waals surface area (Å²) < 4.78 is 17.0. The lowest BCUT2D eigenvalue weighted by molar-refractivity contribution is 0.00578. The average molecular weight is 345 g/mol. The van der Waals surface area contributed by atoms with Crippen LogP contribution >= 0.6 is 0 Å². The van der Waals surface area contributed by atoms with E-state index in [2.05, 4.69) is 22.2 Å². The average Bonchev–Trinajstić information content (AvgIpc) is 2.79. The van der Waals surface area contributed by atoms with Crippen LogP contribution in [0.4, 0.5) is 4.79 Å². The summed E-state index contributed by atoms with van der Waals surface area (Å²) in [5.41, 5.74) is 0.497. The maximum absolute atomic E-state index is 11.3. The van der Waals surface area contributed by atoms with Gasteiger partial charge in [-0.25, -0.2) is 4.79 Å². The zero-order valence-corrected chi connectivity index (χ0v) is 15.7. The molecule has 1 fully saturated rings. The van der Waals surface area contributed by atoms with E-state index < -0.39 is 6.09 Å². The van der Waals surface area contributed by atoms with Gasteiger partial charge in [-0.2, -0.15) is 0 Å². The molecule has 1 atom stereocenters. The molecule has 1 saturated heterocycles. The van der Waals surface area contributed by atoms with Crippen LogP contribution in [0.1, 0.15) is 39.7 Å². The molecule has 1 aliphatic heterocycles. The van der Waals surface area contributed by atoms with E-state index in [0.29, 0.717) is 0 Å². The molecule has 0 saturated carbocycles. The molecule has 136 valence electrons. The molecule has 0 spiro atoms. The van der Waals surface area contributed by atoms with Gasteiger partial charge in [0.25, 0.3) is 0 Å². The van der Waals surface area contributed by atoms with Crippen molar-refractivity contribution >= 4 is 13.2 Å². The Morgan fingerprint density at radius 3 is 2.36 bits per heavy atom. The minimum atomic E-state index is -0.494. The van der Waals surface area contributed by atoms with Crippen molar-refractivity contribution in [2.24, 2.45) is 0 Å². The van der Waals surface area contributed by atoms with Crippen LogP contribution < -0.4 is 5.32 Å². The number of aryl methyl sites for hydroxylation is 1. The number of ether oxygens (including phenoxy) is 1. The van der Waals surface area contributed by atoms with Crippen molar-refractivity contribution < 1.29 is 18.8 Å². The highest BCUT2D eigenvalue weighted by molar-refractivity contribution is 6.48. The third-order valence-electron chi connectivity index (χ3n) is 4.96. The molecule has 1 unspecified atom stereocenters. The fraction of sp³-hybridized carbons (Fsp3) is 0.526. The van der Waals surface area contributed by atoms with Crippen LogP contribution in [0.3, 0.4) is 0 Å². The first-order chi connectivity index (χ1) is 11.7. The molecule has 1 aromatic carbocycles. The lowest BCUT2D eigenvalue weighted by Crippen LogP contribution is -2.41. The van der Waals surface area contributed by atoms with Gasteiger partial charge >= 0.3 is 13.2 Å². The standard InChI is InChI=1S/C19H28BNO4/c1-18(2)19(3,4)25-20(24-18)16(13-14-21-17(22)23-5)12-11-15-9-7-6-8-10-15/h6-10,13-14,16H,11-12H2,1-5H3,(H,21,22)/b14-13+. The van der Waals surface area contributed by atoms with E-state index in [0.717, 1.165) is 12.8 Å². The van der Waals surface area contributed by atoms with E-state index in [1.807, 2.05) is 52.0 Å². The number of rotatable bonds is 6. The molecule has 1 aliphatic rings. The predicted molar refractivity (Wildman–Crippen MR) is 99.3 cm³/mol. The molecule has 0 aromatic heterocycles. The summed E-state index contributed by atoms with van der Waals surface area (Å²) in [6.07, 6.45) is 4.78. The summed E-state index contributed by atoms with van der Waals surface area (Å²) in [7, 11) is 0.981. The quantitative estimate of drug-likeness (QED) is 0.793. The van der Waals surface area contributed by atoms with Gasteiger partial charge in [-0.15, -0.1) is 0 Å². The molecule has 6 heteroatoms. The molecule has 0 aliphatic carbocycles. The van der Waals surface area contributed by atoms with E-state index >= 15 is 0 Å². The van der Waals surface area contributed by atoms with Crippen molar-refractivity contribution in [3.8, 4) is 0 Å². The topological polar surface area (TPSA) is 56.8 Å². The maximum atomic E-state index is 11.3. The fourth-order valence-corrected chi connectivity index (χ4v) is 2.66. The minimum Gasteiger partial charge on any atom is -0.453 e. The molecule has 1 amide bonds. The van der Waals surface area contributed by atoms with Crippen molar-refractivity contribution in [1.82, 2.24) is 5.32 Å². The summed E-state index contributed by atoms with van der Waals surface area (Å²) in [6, 6.07) is 10.3. The number of alkyl carbamates (subject to hydrolysis) is 1. The fourth-order valence-electron chi connectivity index (χ4n) is 2.66. The Labute approximate surface area is 150 Å². The SMILES string of the molecule is COC(=O)N/C=C/C(CCc1ccccc1)B1OC(C)(C)C(C)(C)O1. The number of hydrogen-bond acceptors (Lipinski definition) is 4. The molecule has 25 heavy (non-hydrogen) atoms. The van der Waals surface area contributed by atoms with Gasteiger partial charge in [0.1, 0.15) is 0 Å². The summed E-state index contributed by atoms with van der Waals surface area (Å²) >= 11 is 0. The van der Waals surface area contributed by atoms with Crippen LogP contribution in [0.25, 0.3) is 0 Å². The third-order valence-corrected chi connectivity index (χ3v) is 4.96. The first-order valence-electron chi connectivity index (χ1n) is 8.66. The van der Waals surface area contributed by atoms with E-state index in [1.54, 1.807) is 6.20 Å². The predicted octanol–water partition coefficient (Wildman–Crippen LogP) is 3.95. The normalized spacial score (nSPS) is 19.8. The smallest absolute Gasteiger partial charge is 0.453 e. The largest absolute Gasteiger partial charge is 0.465 e. The van der Waals surface area contributed by atoms with E-state index in [9.17, 15) is 4.79 Å². The molecule has 1 aromatic rings. The third kappa shape index (κ3) is 5.09. The van der Waals surface area contributed by atoms with Gasteiger partial charge in [-0.05, 0) is 46.1 Å². The zero-order chi connectivity index (χ0) is 18.5. The van der Waals surface area contributed by atoms with Crippen LogP contribution in [0.5, 0.6) is 0 Å². The van der Waals surface area contributed by atoms with Crippen LogP contribution in [-0.2, 0) is 20.5 Å². The highest BCUT2D eigenvalue weighted by Gasteiger charge is 2.53. The Morgan fingerprint density at radius 1 is 1.20 bits per heavy atom. The van der Waals surface area contributed by atoms with Crippen LogP contribution in [-0.4, -0.2) is 31.5 Å². The van der Waals surface area contributed by atoms with Crippen molar-refractivity contribution in [2.45, 2.75) is 57.6 Å². The first kappa shape index (κ1) is 19.5. The van der Waals surface area contributed by atoms with Gasteiger partial charge in [0, 0.05) is 12.0 Å². The lowest BCUT2D eigenvalue weighted by Gasteiger charge is -2.32. The van der Waals surface area contributed by atoms with E-state index in [-0.39, 0.29) is 24.1 Å². The maximum Gasteiger partial charge on any atom is 0.465 e. The highest BCUT2D eigenvalue weighted by atomic mass is 16.7. The molecular weight excluding hydrogens is 317 g/mol. The van der Waals surface area contributed by atoms with Crippen LogP contribution in [0.2, 0.25) is 5.82 Å². The number of methoxy groups -OCH3 is 1. The molecule has 5 nitrogen and oxygen atoms in total. The zero-order valence-electron chi connectivity index (χ0n) is 15.7. The molecular formula is C19H28BNO4. The Morgan fingerprint density at radius 2 is 1.80 bits per heavy atom. The van der Waals surface area contributed by atoms with Gasteiger partial charge in [-0.3, -0.25) is 5.32 Å². The number of amides is 1. The van der Waals surface area contributed by atoms with Gasteiger partial charge in [0.05, 0.1) is 18.3 Å². The minimum absolute atomic E-state index is 0.0124. The highest BCUT2D eigenvalue weighted by Crippen LogP contribution is 2.41. The number of nitrogens with one attached hydrogen (secondary N) is 1. The molecule has 2 rings (SSSR count). The van der Waals surface area contributed by atoms with Crippen molar-refractivity contribution in [3.05, 3.63) is 48.2 Å². The van der Waals surface area contributed by atoms with E-state index in [1.165, 1.54) is 12.7 Å². The number of hydrogen-bond donors (Lipinski definition) is 1.